The van der Waals surface area contributed by atoms with E-state index in [0.29, 0.717) is 6.10 Å². The molecule has 1 fully saturated rings. The van der Waals surface area contributed by atoms with Crippen LogP contribution in [0.1, 0.15) is 51.7 Å². The Balaban J connectivity index is 1.98. The summed E-state index contributed by atoms with van der Waals surface area (Å²) in [6.45, 7) is 6.73. The summed E-state index contributed by atoms with van der Waals surface area (Å²) in [6, 6.07) is 2.18. The highest BCUT2D eigenvalue weighted by molar-refractivity contribution is 7.07. The molecular formula is C15H25NOS. The van der Waals surface area contributed by atoms with Crippen molar-refractivity contribution >= 4 is 11.3 Å². The van der Waals surface area contributed by atoms with Gasteiger partial charge in [0.15, 0.2) is 0 Å². The predicted molar refractivity (Wildman–Crippen MR) is 77.8 cm³/mol. The predicted octanol–water partition coefficient (Wildman–Crippen LogP) is 3.98. The second-order valence-corrected chi connectivity index (χ2v) is 6.64. The van der Waals surface area contributed by atoms with E-state index >= 15 is 0 Å². The van der Waals surface area contributed by atoms with Gasteiger partial charge in [0, 0.05) is 6.04 Å². The Morgan fingerprint density at radius 3 is 2.67 bits per heavy atom. The van der Waals surface area contributed by atoms with Gasteiger partial charge in [-0.15, -0.1) is 0 Å². The normalized spacial score (nSPS) is 32.1. The van der Waals surface area contributed by atoms with Gasteiger partial charge in [-0.2, -0.15) is 11.3 Å². The summed E-state index contributed by atoms with van der Waals surface area (Å²) in [5.41, 5.74) is 7.32. The van der Waals surface area contributed by atoms with Crippen molar-refractivity contribution in [3.63, 3.8) is 0 Å². The molecule has 2 nitrogen and oxygen atoms in total. The van der Waals surface area contributed by atoms with Gasteiger partial charge < -0.3 is 10.5 Å². The molecule has 0 amide bonds. The SMILES string of the molecule is CC(N)C(OC1CCC(C)C(C)C1)c1ccsc1. The molecule has 1 aliphatic carbocycles. The number of nitrogens with two attached hydrogens (primary N) is 1. The van der Waals surface area contributed by atoms with Gasteiger partial charge in [-0.25, -0.2) is 0 Å². The van der Waals surface area contributed by atoms with Crippen LogP contribution in [0.3, 0.4) is 0 Å². The van der Waals surface area contributed by atoms with Gasteiger partial charge >= 0.3 is 0 Å². The highest BCUT2D eigenvalue weighted by Crippen LogP contribution is 2.34. The second-order valence-electron chi connectivity index (χ2n) is 5.86. The summed E-state index contributed by atoms with van der Waals surface area (Å²) in [7, 11) is 0. The van der Waals surface area contributed by atoms with Crippen LogP contribution in [0.15, 0.2) is 16.8 Å². The molecular weight excluding hydrogens is 242 g/mol. The van der Waals surface area contributed by atoms with Crippen LogP contribution in [0.25, 0.3) is 0 Å². The number of hydrogen-bond donors (Lipinski definition) is 1. The first-order chi connectivity index (χ1) is 8.58. The summed E-state index contributed by atoms with van der Waals surface area (Å²) < 4.78 is 6.30. The van der Waals surface area contributed by atoms with Crippen molar-refractivity contribution < 1.29 is 4.74 Å². The van der Waals surface area contributed by atoms with E-state index in [1.54, 1.807) is 11.3 Å². The highest BCUT2D eigenvalue weighted by atomic mass is 32.1. The first-order valence-electron chi connectivity index (χ1n) is 7.01. The molecule has 1 aliphatic rings. The van der Waals surface area contributed by atoms with Crippen molar-refractivity contribution in [1.82, 2.24) is 0 Å². The molecule has 0 radical (unpaired) electrons. The molecule has 5 atom stereocenters. The van der Waals surface area contributed by atoms with Crippen LogP contribution in [-0.2, 0) is 4.74 Å². The average Bonchev–Trinajstić information content (AvgIpc) is 2.83. The lowest BCUT2D eigenvalue weighted by Gasteiger charge is -2.35. The Labute approximate surface area is 115 Å². The summed E-state index contributed by atoms with van der Waals surface area (Å²) >= 11 is 1.71. The van der Waals surface area contributed by atoms with Gasteiger partial charge in [-0.3, -0.25) is 0 Å². The van der Waals surface area contributed by atoms with E-state index in [9.17, 15) is 0 Å². The van der Waals surface area contributed by atoms with E-state index in [-0.39, 0.29) is 12.1 Å². The largest absolute Gasteiger partial charge is 0.369 e. The molecule has 0 aliphatic heterocycles. The Bertz CT molecular complexity index is 349. The molecule has 5 unspecified atom stereocenters. The maximum Gasteiger partial charge on any atom is 0.0984 e. The third-order valence-electron chi connectivity index (χ3n) is 4.24. The Kier molecular flexibility index (Phi) is 4.82. The lowest BCUT2D eigenvalue weighted by atomic mass is 9.80. The van der Waals surface area contributed by atoms with Crippen LogP contribution < -0.4 is 5.73 Å². The minimum atomic E-state index is 0.0502. The standard InChI is InChI=1S/C15H25NOS/c1-10-4-5-14(8-11(10)2)17-15(12(3)16)13-6-7-18-9-13/h6-7,9-12,14-15H,4-5,8,16H2,1-3H3. The van der Waals surface area contributed by atoms with E-state index in [1.165, 1.54) is 24.8 Å². The zero-order valence-electron chi connectivity index (χ0n) is 11.6. The number of hydrogen-bond acceptors (Lipinski definition) is 3. The zero-order valence-corrected chi connectivity index (χ0v) is 12.5. The number of ether oxygens (including phenoxy) is 1. The van der Waals surface area contributed by atoms with Gasteiger partial charge in [0.1, 0.15) is 0 Å². The Hall–Kier alpha value is -0.380. The fourth-order valence-corrected chi connectivity index (χ4v) is 3.46. The van der Waals surface area contributed by atoms with Crippen molar-refractivity contribution in [2.45, 2.75) is 58.3 Å². The van der Waals surface area contributed by atoms with Crippen LogP contribution in [0.2, 0.25) is 0 Å². The molecule has 0 bridgehead atoms. The van der Waals surface area contributed by atoms with Gasteiger partial charge in [0.25, 0.3) is 0 Å². The third-order valence-corrected chi connectivity index (χ3v) is 4.94. The Morgan fingerprint density at radius 2 is 2.11 bits per heavy atom. The second kappa shape index (κ2) is 6.18. The molecule has 0 spiro atoms. The van der Waals surface area contributed by atoms with Crippen molar-refractivity contribution in [2.75, 3.05) is 0 Å². The maximum atomic E-state index is 6.30. The number of thiophene rings is 1. The zero-order chi connectivity index (χ0) is 13.1. The van der Waals surface area contributed by atoms with Crippen molar-refractivity contribution in [2.24, 2.45) is 17.6 Å². The first kappa shape index (κ1) is 14.0. The summed E-state index contributed by atoms with van der Waals surface area (Å²) in [5, 5.41) is 4.25. The fourth-order valence-electron chi connectivity index (χ4n) is 2.77. The monoisotopic (exact) mass is 267 g/mol. The van der Waals surface area contributed by atoms with Crippen LogP contribution in [0.5, 0.6) is 0 Å². The molecule has 1 aromatic heterocycles. The lowest BCUT2D eigenvalue weighted by Crippen LogP contribution is -2.33. The smallest absolute Gasteiger partial charge is 0.0984 e. The van der Waals surface area contributed by atoms with Crippen LogP contribution >= 0.6 is 11.3 Å². The van der Waals surface area contributed by atoms with Crippen molar-refractivity contribution in [3.05, 3.63) is 22.4 Å². The molecule has 2 N–H and O–H groups in total. The van der Waals surface area contributed by atoms with E-state index in [4.69, 9.17) is 10.5 Å². The first-order valence-corrected chi connectivity index (χ1v) is 7.95. The average molecular weight is 267 g/mol. The minimum Gasteiger partial charge on any atom is -0.369 e. The van der Waals surface area contributed by atoms with Crippen molar-refractivity contribution in [1.29, 1.82) is 0 Å². The van der Waals surface area contributed by atoms with E-state index in [2.05, 4.69) is 30.7 Å². The fraction of sp³-hybridized carbons (Fsp3) is 0.733. The molecule has 1 saturated carbocycles. The molecule has 0 saturated heterocycles. The van der Waals surface area contributed by atoms with Crippen LogP contribution in [0.4, 0.5) is 0 Å². The van der Waals surface area contributed by atoms with Gasteiger partial charge in [-0.1, -0.05) is 13.8 Å². The summed E-state index contributed by atoms with van der Waals surface area (Å²) in [5.74, 6) is 1.60. The van der Waals surface area contributed by atoms with Gasteiger partial charge in [-0.05, 0) is 60.4 Å². The molecule has 102 valence electrons. The minimum absolute atomic E-state index is 0.0502. The quantitative estimate of drug-likeness (QED) is 0.895. The molecule has 1 heterocycles. The molecule has 3 heteroatoms. The molecule has 0 aromatic carbocycles. The molecule has 1 aromatic rings. The molecule has 2 rings (SSSR count). The van der Waals surface area contributed by atoms with Crippen molar-refractivity contribution in [3.8, 4) is 0 Å². The van der Waals surface area contributed by atoms with Gasteiger partial charge in [0.2, 0.25) is 0 Å². The van der Waals surface area contributed by atoms with E-state index in [0.717, 1.165) is 11.8 Å². The summed E-state index contributed by atoms with van der Waals surface area (Å²) in [6.07, 6.45) is 4.07. The lowest BCUT2D eigenvalue weighted by molar-refractivity contribution is -0.0566. The third kappa shape index (κ3) is 3.34. The highest BCUT2D eigenvalue weighted by Gasteiger charge is 2.28. The van der Waals surface area contributed by atoms with E-state index in [1.807, 2.05) is 6.92 Å². The summed E-state index contributed by atoms with van der Waals surface area (Å²) in [4.78, 5) is 0. The molecule has 18 heavy (non-hydrogen) atoms. The van der Waals surface area contributed by atoms with Crippen LogP contribution in [0, 0.1) is 11.8 Å². The number of rotatable bonds is 4. The Morgan fingerprint density at radius 1 is 1.33 bits per heavy atom. The van der Waals surface area contributed by atoms with Gasteiger partial charge in [0.05, 0.1) is 12.2 Å². The maximum absolute atomic E-state index is 6.30. The topological polar surface area (TPSA) is 35.2 Å². The van der Waals surface area contributed by atoms with Crippen LogP contribution in [-0.4, -0.2) is 12.1 Å². The van der Waals surface area contributed by atoms with E-state index < -0.39 is 0 Å².